The number of hydrogen-bond donors (Lipinski definition) is 0. The molecular formula is C26H25N. The van der Waals surface area contributed by atoms with Crippen molar-refractivity contribution in [3.05, 3.63) is 107 Å². The van der Waals surface area contributed by atoms with Crippen LogP contribution in [0.5, 0.6) is 0 Å². The minimum atomic E-state index is 0.140. The van der Waals surface area contributed by atoms with Crippen molar-refractivity contribution in [2.24, 2.45) is 0 Å². The zero-order chi connectivity index (χ0) is 18.4. The summed E-state index contributed by atoms with van der Waals surface area (Å²) in [5.41, 5.74) is 8.82. The first-order valence-electron chi connectivity index (χ1n) is 9.83. The molecule has 0 fully saturated rings. The zero-order valence-electron chi connectivity index (χ0n) is 16.0. The second kappa shape index (κ2) is 6.13. The van der Waals surface area contributed by atoms with E-state index in [9.17, 15) is 0 Å². The summed E-state index contributed by atoms with van der Waals surface area (Å²) >= 11 is 0. The number of benzene rings is 3. The fraction of sp³-hybridized carbons (Fsp3) is 0.231. The molecule has 2 atom stereocenters. The van der Waals surface area contributed by atoms with Crippen LogP contribution in [0.4, 0.5) is 5.69 Å². The molecule has 3 aromatic rings. The van der Waals surface area contributed by atoms with Crippen molar-refractivity contribution in [2.45, 2.75) is 38.3 Å². The Morgan fingerprint density at radius 2 is 1.48 bits per heavy atom. The van der Waals surface area contributed by atoms with Gasteiger partial charge < -0.3 is 4.90 Å². The topological polar surface area (TPSA) is 3.24 Å². The predicted octanol–water partition coefficient (Wildman–Crippen LogP) is 6.21. The third-order valence-electron chi connectivity index (χ3n) is 6.39. The van der Waals surface area contributed by atoms with Gasteiger partial charge in [0.1, 0.15) is 0 Å². The minimum Gasteiger partial charge on any atom is -0.359 e. The van der Waals surface area contributed by atoms with E-state index in [4.69, 9.17) is 0 Å². The van der Waals surface area contributed by atoms with E-state index >= 15 is 0 Å². The van der Waals surface area contributed by atoms with E-state index in [1.807, 2.05) is 0 Å². The summed E-state index contributed by atoms with van der Waals surface area (Å²) < 4.78 is 0. The largest absolute Gasteiger partial charge is 0.359 e. The van der Waals surface area contributed by atoms with Crippen LogP contribution in [0.15, 0.2) is 90.5 Å². The third-order valence-corrected chi connectivity index (χ3v) is 6.39. The normalized spacial score (nSPS) is 23.5. The maximum absolute atomic E-state index is 2.64. The molecule has 0 bridgehead atoms. The van der Waals surface area contributed by atoms with Gasteiger partial charge in [0.25, 0.3) is 0 Å². The lowest BCUT2D eigenvalue weighted by Gasteiger charge is -2.34. The predicted molar refractivity (Wildman–Crippen MR) is 114 cm³/mol. The van der Waals surface area contributed by atoms with E-state index in [1.54, 1.807) is 0 Å². The number of para-hydroxylation sites is 1. The molecule has 1 aliphatic heterocycles. The summed E-state index contributed by atoms with van der Waals surface area (Å²) in [6.07, 6.45) is 1.13. The van der Waals surface area contributed by atoms with Crippen LogP contribution in [0.3, 0.4) is 0 Å². The molecule has 5 rings (SSSR count). The third kappa shape index (κ3) is 2.45. The lowest BCUT2D eigenvalue weighted by atomic mass is 9.77. The van der Waals surface area contributed by atoms with Crippen LogP contribution in [0.1, 0.15) is 37.0 Å². The number of fused-ring (bicyclic) bond motifs is 3. The van der Waals surface area contributed by atoms with Gasteiger partial charge in [0.15, 0.2) is 0 Å². The Balaban J connectivity index is 1.66. The summed E-state index contributed by atoms with van der Waals surface area (Å²) in [6.45, 7) is 5.73. The van der Waals surface area contributed by atoms with Crippen LogP contribution in [0, 0.1) is 0 Å². The van der Waals surface area contributed by atoms with Gasteiger partial charge >= 0.3 is 0 Å². The SMILES string of the molecule is CC1=C(c2ccccc2)[C@@H]2N(Cc3ccccc3)c3ccccc3[C@]2(C)C1. The van der Waals surface area contributed by atoms with Crippen molar-refractivity contribution >= 4 is 11.3 Å². The number of rotatable bonds is 3. The molecule has 0 saturated heterocycles. The molecule has 1 heterocycles. The highest BCUT2D eigenvalue weighted by molar-refractivity contribution is 5.85. The van der Waals surface area contributed by atoms with Gasteiger partial charge in [-0.05, 0) is 41.7 Å². The molecule has 3 aromatic carbocycles. The summed E-state index contributed by atoms with van der Waals surface area (Å²) in [4.78, 5) is 2.64. The molecule has 1 heteroatoms. The molecule has 0 N–H and O–H groups in total. The highest BCUT2D eigenvalue weighted by atomic mass is 15.2. The maximum atomic E-state index is 2.64. The van der Waals surface area contributed by atoms with Crippen LogP contribution in [0.25, 0.3) is 5.57 Å². The lowest BCUT2D eigenvalue weighted by Crippen LogP contribution is -2.40. The summed E-state index contributed by atoms with van der Waals surface area (Å²) in [5, 5.41) is 0. The molecule has 0 amide bonds. The highest BCUT2D eigenvalue weighted by Gasteiger charge is 2.53. The van der Waals surface area contributed by atoms with Crippen molar-refractivity contribution in [1.82, 2.24) is 0 Å². The van der Waals surface area contributed by atoms with Crippen LogP contribution < -0.4 is 4.90 Å². The molecule has 0 spiro atoms. The molecule has 134 valence electrons. The molecule has 0 radical (unpaired) electrons. The van der Waals surface area contributed by atoms with Gasteiger partial charge in [-0.3, -0.25) is 0 Å². The smallest absolute Gasteiger partial charge is 0.0649 e. The van der Waals surface area contributed by atoms with E-state index in [-0.39, 0.29) is 5.41 Å². The first kappa shape index (κ1) is 16.4. The van der Waals surface area contributed by atoms with Gasteiger partial charge in [-0.25, -0.2) is 0 Å². The van der Waals surface area contributed by atoms with Crippen LogP contribution in [-0.4, -0.2) is 6.04 Å². The van der Waals surface area contributed by atoms with Gasteiger partial charge in [-0.2, -0.15) is 0 Å². The average molecular weight is 351 g/mol. The van der Waals surface area contributed by atoms with Gasteiger partial charge in [0.05, 0.1) is 6.04 Å². The van der Waals surface area contributed by atoms with Crippen molar-refractivity contribution in [2.75, 3.05) is 4.90 Å². The number of hydrogen-bond acceptors (Lipinski definition) is 1. The highest BCUT2D eigenvalue weighted by Crippen LogP contribution is 2.57. The molecule has 27 heavy (non-hydrogen) atoms. The molecule has 2 aliphatic rings. The molecule has 1 nitrogen and oxygen atoms in total. The van der Waals surface area contributed by atoms with Crippen LogP contribution >= 0.6 is 0 Å². The Morgan fingerprint density at radius 1 is 0.852 bits per heavy atom. The molecule has 0 aromatic heterocycles. The van der Waals surface area contributed by atoms with E-state index in [0.717, 1.165) is 13.0 Å². The Labute approximate surface area is 162 Å². The second-order valence-corrected chi connectivity index (χ2v) is 8.19. The monoisotopic (exact) mass is 351 g/mol. The van der Waals surface area contributed by atoms with Crippen molar-refractivity contribution in [3.63, 3.8) is 0 Å². The molecule has 0 unspecified atom stereocenters. The second-order valence-electron chi connectivity index (χ2n) is 8.19. The maximum Gasteiger partial charge on any atom is 0.0649 e. The Bertz CT molecular complexity index is 1000. The zero-order valence-corrected chi connectivity index (χ0v) is 16.0. The summed E-state index contributed by atoms with van der Waals surface area (Å²) in [6, 6.07) is 31.3. The van der Waals surface area contributed by atoms with Crippen molar-refractivity contribution in [1.29, 1.82) is 0 Å². The fourth-order valence-electron chi connectivity index (χ4n) is 5.36. The van der Waals surface area contributed by atoms with Gasteiger partial charge in [0.2, 0.25) is 0 Å². The van der Waals surface area contributed by atoms with Gasteiger partial charge in [-0.15, -0.1) is 0 Å². The first-order valence-corrected chi connectivity index (χ1v) is 9.83. The van der Waals surface area contributed by atoms with Crippen molar-refractivity contribution < 1.29 is 0 Å². The Hall–Kier alpha value is -2.80. The summed E-state index contributed by atoms with van der Waals surface area (Å²) in [7, 11) is 0. The quantitative estimate of drug-likeness (QED) is 0.542. The molecular weight excluding hydrogens is 326 g/mol. The van der Waals surface area contributed by atoms with E-state index < -0.39 is 0 Å². The average Bonchev–Trinajstić information content (AvgIpc) is 3.10. The van der Waals surface area contributed by atoms with Crippen LogP contribution in [0.2, 0.25) is 0 Å². The van der Waals surface area contributed by atoms with Gasteiger partial charge in [-0.1, -0.05) is 91.4 Å². The van der Waals surface area contributed by atoms with Gasteiger partial charge in [0, 0.05) is 17.6 Å². The number of nitrogens with zero attached hydrogens (tertiary/aromatic N) is 1. The number of allylic oxidation sites excluding steroid dienone is 1. The van der Waals surface area contributed by atoms with E-state index in [2.05, 4.69) is 104 Å². The standard InChI is InChI=1S/C26H25N/c1-19-17-26(2)22-15-9-10-16-23(22)27(18-20-11-5-3-6-12-20)25(26)24(19)21-13-7-4-8-14-21/h3-16,25H,17-18H2,1-2H3/t25-,26-/m0/s1. The number of anilines is 1. The Morgan fingerprint density at radius 3 is 2.22 bits per heavy atom. The van der Waals surface area contributed by atoms with Crippen molar-refractivity contribution in [3.8, 4) is 0 Å². The summed E-state index contributed by atoms with van der Waals surface area (Å²) in [5.74, 6) is 0. The molecule has 1 aliphatic carbocycles. The van der Waals surface area contributed by atoms with Crippen LogP contribution in [-0.2, 0) is 12.0 Å². The Kier molecular flexibility index (Phi) is 3.72. The van der Waals surface area contributed by atoms with E-state index in [0.29, 0.717) is 6.04 Å². The van der Waals surface area contributed by atoms with E-state index in [1.165, 1.54) is 33.5 Å². The minimum absolute atomic E-state index is 0.140. The molecule has 0 saturated carbocycles. The first-order chi connectivity index (χ1) is 13.2. The fourth-order valence-corrected chi connectivity index (χ4v) is 5.36. The lowest BCUT2D eigenvalue weighted by molar-refractivity contribution is 0.463.